The molecule has 0 bridgehead atoms. The largest absolute Gasteiger partial charge is 0.399 e. The highest BCUT2D eigenvalue weighted by molar-refractivity contribution is 5.25. The molecule has 0 aliphatic heterocycles. The molecule has 0 fully saturated rings. The molecule has 164 valence electrons. The summed E-state index contributed by atoms with van der Waals surface area (Å²) in [7, 11) is 1.98. The van der Waals surface area contributed by atoms with Crippen molar-refractivity contribution in [1.82, 2.24) is 5.32 Å². The van der Waals surface area contributed by atoms with Crippen molar-refractivity contribution in [3.63, 3.8) is 0 Å². The third kappa shape index (κ3) is 11.3. The summed E-state index contributed by atoms with van der Waals surface area (Å²) in [6, 6.07) is 0. The number of hydrogen-bond donors (Lipinski definition) is 3. The number of rotatable bonds is 10. The monoisotopic (exact) mass is 400 g/mol. The second-order valence-corrected chi connectivity index (χ2v) is 8.70. The Balaban J connectivity index is 0.000000291. The molecule has 0 aromatic rings. The van der Waals surface area contributed by atoms with Gasteiger partial charge >= 0.3 is 0 Å². The Morgan fingerprint density at radius 1 is 1.21 bits per heavy atom. The third-order valence-electron chi connectivity index (χ3n) is 5.81. The van der Waals surface area contributed by atoms with Crippen LogP contribution in [0.2, 0.25) is 0 Å². The average molecular weight is 401 g/mol. The Bertz CT molecular complexity index is 584. The zero-order valence-electron chi connectivity index (χ0n) is 19.1. The molecule has 0 heterocycles. The fourth-order valence-corrected chi connectivity index (χ4v) is 3.79. The molecule has 29 heavy (non-hydrogen) atoms. The molecule has 0 aromatic heterocycles. The molecular weight excluding hydrogens is 356 g/mol. The van der Waals surface area contributed by atoms with Gasteiger partial charge in [0.05, 0.1) is 0 Å². The van der Waals surface area contributed by atoms with Crippen LogP contribution >= 0.6 is 0 Å². The van der Waals surface area contributed by atoms with Crippen molar-refractivity contribution in [3.05, 3.63) is 59.9 Å². The standard InChI is InChI=1S/C14H23N.C12H21NO/c1-11(2)5-4-6-12(3)13-7-9-14(15)10-8-13;1-13-9-7-12(8-10-14)11-5-3-2-4-6-11/h6-7,9-11,13H,4-5,8,15H2,1-3H3;2-5,11-14H,6-10H2,1H3/b12-6+;. The lowest BCUT2D eigenvalue weighted by atomic mass is 9.83. The Kier molecular flexibility index (Phi) is 13.4. The number of allylic oxidation sites excluding steroid dienone is 9. The molecule has 3 unspecified atom stereocenters. The van der Waals surface area contributed by atoms with Crippen LogP contribution in [-0.2, 0) is 0 Å². The van der Waals surface area contributed by atoms with Crippen molar-refractivity contribution in [2.45, 2.75) is 59.3 Å². The highest BCUT2D eigenvalue weighted by Gasteiger charge is 2.18. The van der Waals surface area contributed by atoms with Gasteiger partial charge in [0.1, 0.15) is 0 Å². The van der Waals surface area contributed by atoms with E-state index in [2.05, 4.69) is 68.6 Å². The minimum Gasteiger partial charge on any atom is -0.399 e. The van der Waals surface area contributed by atoms with Crippen LogP contribution in [0.5, 0.6) is 0 Å². The van der Waals surface area contributed by atoms with Gasteiger partial charge in [-0.05, 0) is 82.9 Å². The first-order valence-electron chi connectivity index (χ1n) is 11.4. The summed E-state index contributed by atoms with van der Waals surface area (Å²) in [6.07, 6.45) is 24.2. The predicted octanol–water partition coefficient (Wildman–Crippen LogP) is 5.51. The molecule has 0 saturated carbocycles. The van der Waals surface area contributed by atoms with E-state index in [1.165, 1.54) is 18.4 Å². The quantitative estimate of drug-likeness (QED) is 0.424. The summed E-state index contributed by atoms with van der Waals surface area (Å²) in [4.78, 5) is 0. The third-order valence-corrected chi connectivity index (χ3v) is 5.81. The van der Waals surface area contributed by atoms with E-state index in [1.807, 2.05) is 13.1 Å². The molecule has 2 rings (SSSR count). The molecule has 0 saturated heterocycles. The van der Waals surface area contributed by atoms with Gasteiger partial charge in [-0.25, -0.2) is 0 Å². The van der Waals surface area contributed by atoms with E-state index in [9.17, 15) is 0 Å². The molecule has 3 atom stereocenters. The maximum Gasteiger partial charge on any atom is 0.0433 e. The normalized spacial score (nSPS) is 22.3. The maximum absolute atomic E-state index is 9.00. The van der Waals surface area contributed by atoms with Crippen molar-refractivity contribution < 1.29 is 5.11 Å². The molecule has 3 heteroatoms. The van der Waals surface area contributed by atoms with Crippen molar-refractivity contribution in [2.75, 3.05) is 20.2 Å². The summed E-state index contributed by atoms with van der Waals surface area (Å²) < 4.78 is 0. The van der Waals surface area contributed by atoms with E-state index in [0.717, 1.165) is 43.8 Å². The Labute approximate surface area is 179 Å². The first kappa shape index (κ1) is 25.5. The van der Waals surface area contributed by atoms with Crippen LogP contribution in [0.3, 0.4) is 0 Å². The minimum absolute atomic E-state index is 0.308. The molecule has 0 spiro atoms. The summed E-state index contributed by atoms with van der Waals surface area (Å²) in [5.74, 6) is 2.62. The second-order valence-electron chi connectivity index (χ2n) is 8.70. The fraction of sp³-hybridized carbons (Fsp3) is 0.615. The van der Waals surface area contributed by atoms with Crippen LogP contribution in [0.15, 0.2) is 59.9 Å². The van der Waals surface area contributed by atoms with E-state index in [0.29, 0.717) is 24.4 Å². The van der Waals surface area contributed by atoms with Crippen molar-refractivity contribution in [2.24, 2.45) is 29.4 Å². The predicted molar refractivity (Wildman–Crippen MR) is 127 cm³/mol. The lowest BCUT2D eigenvalue weighted by molar-refractivity contribution is 0.227. The van der Waals surface area contributed by atoms with Gasteiger partial charge in [0.2, 0.25) is 0 Å². The van der Waals surface area contributed by atoms with Crippen molar-refractivity contribution >= 4 is 0 Å². The number of aliphatic hydroxyl groups excluding tert-OH is 1. The van der Waals surface area contributed by atoms with Gasteiger partial charge in [-0.15, -0.1) is 0 Å². The highest BCUT2D eigenvalue weighted by atomic mass is 16.3. The van der Waals surface area contributed by atoms with E-state index in [-0.39, 0.29) is 0 Å². The lowest BCUT2D eigenvalue weighted by Gasteiger charge is -2.24. The average Bonchev–Trinajstić information content (AvgIpc) is 2.72. The number of nitrogens with two attached hydrogens (primary N) is 1. The number of hydrogen-bond acceptors (Lipinski definition) is 3. The smallest absolute Gasteiger partial charge is 0.0433 e. The van der Waals surface area contributed by atoms with Gasteiger partial charge in [0.15, 0.2) is 0 Å². The van der Waals surface area contributed by atoms with Crippen LogP contribution in [0, 0.1) is 23.7 Å². The minimum atomic E-state index is 0.308. The Hall–Kier alpha value is -1.58. The number of aliphatic hydroxyl groups is 1. The Morgan fingerprint density at radius 3 is 2.55 bits per heavy atom. The highest BCUT2D eigenvalue weighted by Crippen LogP contribution is 2.26. The van der Waals surface area contributed by atoms with E-state index >= 15 is 0 Å². The second kappa shape index (κ2) is 15.3. The molecule has 4 N–H and O–H groups in total. The van der Waals surface area contributed by atoms with Gasteiger partial charge in [-0.1, -0.05) is 62.0 Å². The molecular formula is C26H44N2O. The molecule has 2 aliphatic rings. The summed E-state index contributed by atoms with van der Waals surface area (Å²) in [5.41, 5.74) is 8.08. The van der Waals surface area contributed by atoms with Gasteiger partial charge in [0, 0.05) is 18.2 Å². The molecule has 2 aliphatic carbocycles. The topological polar surface area (TPSA) is 58.3 Å². The zero-order chi connectivity index (χ0) is 21.5. The van der Waals surface area contributed by atoms with Crippen molar-refractivity contribution in [1.29, 1.82) is 0 Å². The van der Waals surface area contributed by atoms with Crippen LogP contribution < -0.4 is 11.1 Å². The Morgan fingerprint density at radius 2 is 2.00 bits per heavy atom. The first-order valence-corrected chi connectivity index (χ1v) is 11.4. The lowest BCUT2D eigenvalue weighted by Crippen LogP contribution is -2.20. The van der Waals surface area contributed by atoms with Gasteiger partial charge in [-0.3, -0.25) is 0 Å². The summed E-state index contributed by atoms with van der Waals surface area (Å²) in [6.45, 7) is 8.12. The number of nitrogens with one attached hydrogen (secondary N) is 1. The van der Waals surface area contributed by atoms with Gasteiger partial charge in [0.25, 0.3) is 0 Å². The van der Waals surface area contributed by atoms with Crippen molar-refractivity contribution in [3.8, 4) is 0 Å². The van der Waals surface area contributed by atoms with Crippen LogP contribution in [0.4, 0.5) is 0 Å². The summed E-state index contributed by atoms with van der Waals surface area (Å²) >= 11 is 0. The van der Waals surface area contributed by atoms with E-state index < -0.39 is 0 Å². The molecule has 0 amide bonds. The van der Waals surface area contributed by atoms with Crippen LogP contribution in [0.1, 0.15) is 59.3 Å². The summed E-state index contributed by atoms with van der Waals surface area (Å²) in [5, 5.41) is 12.2. The molecule has 3 nitrogen and oxygen atoms in total. The molecule has 0 radical (unpaired) electrons. The maximum atomic E-state index is 9.00. The van der Waals surface area contributed by atoms with E-state index in [4.69, 9.17) is 10.8 Å². The fourth-order valence-electron chi connectivity index (χ4n) is 3.79. The van der Waals surface area contributed by atoms with Crippen LogP contribution in [-0.4, -0.2) is 25.3 Å². The first-order chi connectivity index (χ1) is 14.0. The zero-order valence-corrected chi connectivity index (χ0v) is 19.1. The van der Waals surface area contributed by atoms with Crippen LogP contribution in [0.25, 0.3) is 0 Å². The molecule has 0 aromatic carbocycles. The van der Waals surface area contributed by atoms with Gasteiger partial charge in [-0.2, -0.15) is 0 Å². The van der Waals surface area contributed by atoms with Gasteiger partial charge < -0.3 is 16.2 Å². The SMILES string of the molecule is C/C(=C\CCC(C)C)C1C=CC(N)=CC1.CNCCC(CCO)C1C=CC=CC1. The van der Waals surface area contributed by atoms with E-state index in [1.54, 1.807) is 0 Å².